The molecule has 2 fully saturated rings. The lowest BCUT2D eigenvalue weighted by atomic mass is 9.79. The second kappa shape index (κ2) is 6.35. The van der Waals surface area contributed by atoms with Crippen molar-refractivity contribution in [2.75, 3.05) is 27.2 Å². The molecule has 0 radical (unpaired) electrons. The summed E-state index contributed by atoms with van der Waals surface area (Å²) in [4.78, 5) is 28.6. The highest BCUT2D eigenvalue weighted by atomic mass is 16.5. The van der Waals surface area contributed by atoms with Gasteiger partial charge < -0.3 is 19.6 Å². The lowest BCUT2D eigenvalue weighted by Gasteiger charge is -2.42. The number of amides is 2. The lowest BCUT2D eigenvalue weighted by Crippen LogP contribution is -2.50. The van der Waals surface area contributed by atoms with Crippen LogP contribution >= 0.6 is 0 Å². The van der Waals surface area contributed by atoms with E-state index in [9.17, 15) is 14.7 Å². The molecular formula is C20H26N2O4. The average molecular weight is 358 g/mol. The van der Waals surface area contributed by atoms with E-state index in [1.54, 1.807) is 19.0 Å². The van der Waals surface area contributed by atoms with Gasteiger partial charge in [-0.2, -0.15) is 0 Å². The summed E-state index contributed by atoms with van der Waals surface area (Å²) < 4.78 is 6.36. The molecule has 6 heteroatoms. The van der Waals surface area contributed by atoms with Crippen LogP contribution in [0.2, 0.25) is 0 Å². The number of rotatable bonds is 2. The van der Waals surface area contributed by atoms with E-state index in [0.717, 1.165) is 11.1 Å². The number of carbonyl (C=O) groups is 2. The van der Waals surface area contributed by atoms with Crippen LogP contribution in [0.3, 0.4) is 0 Å². The summed E-state index contributed by atoms with van der Waals surface area (Å²) >= 11 is 0. The number of aliphatic hydroxyl groups is 1. The quantitative estimate of drug-likeness (QED) is 0.868. The summed E-state index contributed by atoms with van der Waals surface area (Å²) in [5.41, 5.74) is 1.56. The predicted molar refractivity (Wildman–Crippen MR) is 95.2 cm³/mol. The topological polar surface area (TPSA) is 70.1 Å². The first kappa shape index (κ1) is 17.5. The zero-order valence-electron chi connectivity index (χ0n) is 15.4. The minimum atomic E-state index is -0.565. The van der Waals surface area contributed by atoms with E-state index in [1.807, 2.05) is 23.1 Å². The van der Waals surface area contributed by atoms with E-state index in [1.165, 1.54) is 0 Å². The molecule has 0 unspecified atom stereocenters. The normalized spacial score (nSPS) is 29.2. The highest BCUT2D eigenvalue weighted by Crippen LogP contribution is 2.50. The van der Waals surface area contributed by atoms with Crippen molar-refractivity contribution in [2.45, 2.75) is 43.5 Å². The average Bonchev–Trinajstić information content (AvgIpc) is 2.93. The molecule has 0 bridgehead atoms. The maximum Gasteiger partial charge on any atom is 0.255 e. The molecule has 26 heavy (non-hydrogen) atoms. The number of fused-ring (bicyclic) bond motifs is 2. The standard InChI is InChI=1S/C20H26N2O4/c1-21(2)19(25)17-15-5-3-4-6-16(15)20(26-17)7-9-22(10-8-20)18(24)13-11-14(23)12-13/h3-6,13-14,17,23H,7-12H2,1-2H3/t13?,14?,17-/m1/s1. The van der Waals surface area contributed by atoms with Gasteiger partial charge in [-0.05, 0) is 36.8 Å². The Hall–Kier alpha value is -1.92. The van der Waals surface area contributed by atoms with Gasteiger partial charge in [0.1, 0.15) is 0 Å². The third-order valence-electron chi connectivity index (χ3n) is 6.09. The Labute approximate surface area is 153 Å². The summed E-state index contributed by atoms with van der Waals surface area (Å²) in [6.07, 6.45) is 1.68. The fourth-order valence-electron chi connectivity index (χ4n) is 4.43. The largest absolute Gasteiger partial charge is 0.393 e. The number of nitrogens with zero attached hydrogens (tertiary/aromatic N) is 2. The molecule has 1 saturated heterocycles. The van der Waals surface area contributed by atoms with Crippen LogP contribution in [0.4, 0.5) is 0 Å². The van der Waals surface area contributed by atoms with Gasteiger partial charge in [-0.25, -0.2) is 0 Å². The summed E-state index contributed by atoms with van der Waals surface area (Å²) in [7, 11) is 3.49. The van der Waals surface area contributed by atoms with Gasteiger partial charge in [0.05, 0.1) is 11.7 Å². The molecule has 3 aliphatic rings. The first-order valence-electron chi connectivity index (χ1n) is 9.36. The molecule has 1 aliphatic carbocycles. The van der Waals surface area contributed by atoms with Crippen LogP contribution in [0.25, 0.3) is 0 Å². The van der Waals surface area contributed by atoms with Gasteiger partial charge in [0.2, 0.25) is 5.91 Å². The van der Waals surface area contributed by atoms with Crippen molar-refractivity contribution >= 4 is 11.8 Å². The molecule has 6 nitrogen and oxygen atoms in total. The predicted octanol–water partition coefficient (Wildman–Crippen LogP) is 1.43. The van der Waals surface area contributed by atoms with Crippen molar-refractivity contribution in [1.82, 2.24) is 9.80 Å². The van der Waals surface area contributed by atoms with Gasteiger partial charge in [-0.3, -0.25) is 9.59 Å². The Morgan fingerprint density at radius 2 is 1.85 bits per heavy atom. The van der Waals surface area contributed by atoms with Gasteiger partial charge in [0.25, 0.3) is 5.91 Å². The van der Waals surface area contributed by atoms with Crippen LogP contribution in [0.15, 0.2) is 24.3 Å². The van der Waals surface area contributed by atoms with Crippen LogP contribution in [-0.2, 0) is 19.9 Å². The SMILES string of the molecule is CN(C)C(=O)[C@@H]1OC2(CCN(C(=O)C3CC(O)C3)CC2)c2ccccc21. The Balaban J connectivity index is 1.51. The summed E-state index contributed by atoms with van der Waals surface area (Å²) in [5.74, 6) is 0.0764. The smallest absolute Gasteiger partial charge is 0.255 e. The molecule has 1 N–H and O–H groups in total. The number of likely N-dealkylation sites (tertiary alicyclic amines) is 1. The minimum Gasteiger partial charge on any atom is -0.393 e. The molecule has 0 aromatic heterocycles. The van der Waals surface area contributed by atoms with Crippen molar-refractivity contribution in [1.29, 1.82) is 0 Å². The summed E-state index contributed by atoms with van der Waals surface area (Å²) in [6, 6.07) is 7.96. The number of benzene rings is 1. The number of aliphatic hydroxyl groups excluding tert-OH is 1. The Kier molecular flexibility index (Phi) is 4.28. The fourth-order valence-corrected chi connectivity index (χ4v) is 4.43. The Bertz CT molecular complexity index is 718. The first-order chi connectivity index (χ1) is 12.4. The summed E-state index contributed by atoms with van der Waals surface area (Å²) in [5, 5.41) is 9.44. The zero-order valence-corrected chi connectivity index (χ0v) is 15.4. The molecule has 1 spiro atoms. The van der Waals surface area contributed by atoms with Crippen LogP contribution in [0.1, 0.15) is 42.9 Å². The second-order valence-corrected chi connectivity index (χ2v) is 7.96. The third kappa shape index (κ3) is 2.72. The van der Waals surface area contributed by atoms with E-state index in [4.69, 9.17) is 4.74 Å². The minimum absolute atomic E-state index is 0.0288. The van der Waals surface area contributed by atoms with Crippen LogP contribution < -0.4 is 0 Å². The number of hydrogen-bond acceptors (Lipinski definition) is 4. The highest BCUT2D eigenvalue weighted by molar-refractivity contribution is 5.83. The van der Waals surface area contributed by atoms with Crippen molar-refractivity contribution in [3.63, 3.8) is 0 Å². The fraction of sp³-hybridized carbons (Fsp3) is 0.600. The van der Waals surface area contributed by atoms with E-state index in [0.29, 0.717) is 38.8 Å². The van der Waals surface area contributed by atoms with Crippen LogP contribution in [0.5, 0.6) is 0 Å². The molecule has 1 saturated carbocycles. The number of likely N-dealkylation sites (N-methyl/N-ethyl adjacent to an activating group) is 1. The van der Waals surface area contributed by atoms with E-state index in [2.05, 4.69) is 6.07 Å². The number of piperidine rings is 1. The molecule has 1 aromatic carbocycles. The van der Waals surface area contributed by atoms with Crippen LogP contribution in [0, 0.1) is 5.92 Å². The number of carbonyl (C=O) groups excluding carboxylic acids is 2. The zero-order chi connectivity index (χ0) is 18.5. The third-order valence-corrected chi connectivity index (χ3v) is 6.09. The molecule has 2 amide bonds. The maximum absolute atomic E-state index is 12.6. The Morgan fingerprint density at radius 3 is 2.46 bits per heavy atom. The van der Waals surface area contributed by atoms with Gasteiger partial charge in [0.15, 0.2) is 6.10 Å². The van der Waals surface area contributed by atoms with Crippen molar-refractivity contribution in [2.24, 2.45) is 5.92 Å². The van der Waals surface area contributed by atoms with Crippen LogP contribution in [-0.4, -0.2) is 60.0 Å². The molecule has 1 atom stereocenters. The lowest BCUT2D eigenvalue weighted by molar-refractivity contribution is -0.163. The van der Waals surface area contributed by atoms with Gasteiger partial charge in [-0.15, -0.1) is 0 Å². The molecule has 140 valence electrons. The Morgan fingerprint density at radius 1 is 1.19 bits per heavy atom. The molecule has 1 aromatic rings. The first-order valence-corrected chi connectivity index (χ1v) is 9.36. The van der Waals surface area contributed by atoms with E-state index >= 15 is 0 Å². The maximum atomic E-state index is 12.6. The summed E-state index contributed by atoms with van der Waals surface area (Å²) in [6.45, 7) is 1.26. The van der Waals surface area contributed by atoms with E-state index < -0.39 is 11.7 Å². The number of ether oxygens (including phenoxy) is 1. The highest BCUT2D eigenvalue weighted by Gasteiger charge is 2.50. The van der Waals surface area contributed by atoms with Gasteiger partial charge >= 0.3 is 0 Å². The van der Waals surface area contributed by atoms with Crippen molar-refractivity contribution < 1.29 is 19.4 Å². The number of hydrogen-bond donors (Lipinski definition) is 1. The van der Waals surface area contributed by atoms with Crippen molar-refractivity contribution in [3.05, 3.63) is 35.4 Å². The second-order valence-electron chi connectivity index (χ2n) is 7.96. The van der Waals surface area contributed by atoms with Gasteiger partial charge in [-0.1, -0.05) is 24.3 Å². The molecule has 2 heterocycles. The molecular weight excluding hydrogens is 332 g/mol. The van der Waals surface area contributed by atoms with E-state index in [-0.39, 0.29) is 23.8 Å². The van der Waals surface area contributed by atoms with Crippen molar-refractivity contribution in [3.8, 4) is 0 Å². The monoisotopic (exact) mass is 358 g/mol. The molecule has 4 rings (SSSR count). The van der Waals surface area contributed by atoms with Gasteiger partial charge in [0, 0.05) is 33.1 Å². The molecule has 2 aliphatic heterocycles.